The molecule has 3 nitrogen and oxygen atoms in total. The molecule has 0 amide bonds. The van der Waals surface area contributed by atoms with E-state index in [2.05, 4.69) is 43.3 Å². The Labute approximate surface area is 94.7 Å². The van der Waals surface area contributed by atoms with Crippen molar-refractivity contribution in [2.75, 3.05) is 19.6 Å². The molecule has 0 atom stereocenters. The molecule has 0 radical (unpaired) electrons. The summed E-state index contributed by atoms with van der Waals surface area (Å²) in [7, 11) is 0. The van der Waals surface area contributed by atoms with E-state index in [1.165, 1.54) is 12.8 Å². The smallest absolute Gasteiger partial charge is 0.191 e. The summed E-state index contributed by atoms with van der Waals surface area (Å²) in [5.74, 6) is 1.69. The third-order valence-electron chi connectivity index (χ3n) is 2.55. The van der Waals surface area contributed by atoms with Crippen LogP contribution < -0.4 is 10.6 Å². The van der Waals surface area contributed by atoms with E-state index in [0.717, 1.165) is 37.9 Å². The summed E-state index contributed by atoms with van der Waals surface area (Å²) in [6.07, 6.45) is 3.57. The Kier molecular flexibility index (Phi) is 9.33. The third kappa shape index (κ3) is 7.23. The number of guanidine groups is 1. The average molecular weight is 213 g/mol. The van der Waals surface area contributed by atoms with E-state index in [0.29, 0.717) is 0 Å². The Bertz CT molecular complexity index is 162. The van der Waals surface area contributed by atoms with E-state index in [1.54, 1.807) is 0 Å². The topological polar surface area (TPSA) is 36.4 Å². The highest BCUT2D eigenvalue weighted by atomic mass is 15.2. The van der Waals surface area contributed by atoms with Gasteiger partial charge in [-0.15, -0.1) is 0 Å². The Morgan fingerprint density at radius 3 is 2.20 bits per heavy atom. The minimum Gasteiger partial charge on any atom is -0.357 e. The fourth-order valence-corrected chi connectivity index (χ4v) is 1.35. The normalized spacial score (nSPS) is 11.9. The summed E-state index contributed by atoms with van der Waals surface area (Å²) in [4.78, 5) is 4.59. The predicted molar refractivity (Wildman–Crippen MR) is 68.3 cm³/mol. The molecule has 0 bridgehead atoms. The second-order valence-corrected chi connectivity index (χ2v) is 3.83. The molecule has 0 spiro atoms. The summed E-state index contributed by atoms with van der Waals surface area (Å²) >= 11 is 0. The van der Waals surface area contributed by atoms with Crippen LogP contribution in [-0.2, 0) is 0 Å². The molecule has 3 heteroatoms. The average Bonchev–Trinajstić information content (AvgIpc) is 2.27. The molecular formula is C12H27N3. The zero-order chi connectivity index (χ0) is 11.5. The zero-order valence-corrected chi connectivity index (χ0v) is 10.8. The summed E-state index contributed by atoms with van der Waals surface area (Å²) in [6.45, 7) is 11.6. The van der Waals surface area contributed by atoms with Crippen molar-refractivity contribution in [2.45, 2.75) is 47.0 Å². The van der Waals surface area contributed by atoms with Crippen LogP contribution >= 0.6 is 0 Å². The monoisotopic (exact) mass is 213 g/mol. The van der Waals surface area contributed by atoms with Gasteiger partial charge in [0.05, 0.1) is 0 Å². The first-order valence-corrected chi connectivity index (χ1v) is 6.30. The molecule has 0 saturated carbocycles. The first-order valence-electron chi connectivity index (χ1n) is 6.30. The molecular weight excluding hydrogens is 186 g/mol. The maximum atomic E-state index is 4.59. The lowest BCUT2D eigenvalue weighted by Gasteiger charge is -2.13. The van der Waals surface area contributed by atoms with Crippen LogP contribution in [0.1, 0.15) is 47.0 Å². The second-order valence-electron chi connectivity index (χ2n) is 3.83. The highest BCUT2D eigenvalue weighted by molar-refractivity contribution is 5.79. The molecule has 0 fully saturated rings. The van der Waals surface area contributed by atoms with Crippen molar-refractivity contribution in [3.8, 4) is 0 Å². The van der Waals surface area contributed by atoms with Gasteiger partial charge < -0.3 is 10.6 Å². The summed E-state index contributed by atoms with van der Waals surface area (Å²) in [5.41, 5.74) is 0. The number of rotatable bonds is 7. The first-order chi connectivity index (χ1) is 7.28. The Morgan fingerprint density at radius 1 is 1.07 bits per heavy atom. The van der Waals surface area contributed by atoms with Crippen molar-refractivity contribution in [3.63, 3.8) is 0 Å². The van der Waals surface area contributed by atoms with Gasteiger partial charge in [-0.3, -0.25) is 4.99 Å². The molecule has 15 heavy (non-hydrogen) atoms. The number of hydrogen-bond acceptors (Lipinski definition) is 1. The van der Waals surface area contributed by atoms with Crippen molar-refractivity contribution >= 4 is 5.96 Å². The summed E-state index contributed by atoms with van der Waals surface area (Å²) in [5, 5.41) is 6.57. The van der Waals surface area contributed by atoms with Crippen LogP contribution in [0.5, 0.6) is 0 Å². The molecule has 0 aromatic heterocycles. The first kappa shape index (κ1) is 14.3. The summed E-state index contributed by atoms with van der Waals surface area (Å²) < 4.78 is 0. The van der Waals surface area contributed by atoms with Crippen LogP contribution in [0.25, 0.3) is 0 Å². The maximum absolute atomic E-state index is 4.59. The van der Waals surface area contributed by atoms with Gasteiger partial charge in [0, 0.05) is 19.6 Å². The molecule has 0 aliphatic carbocycles. The van der Waals surface area contributed by atoms with Crippen LogP contribution in [0, 0.1) is 5.92 Å². The van der Waals surface area contributed by atoms with Gasteiger partial charge in [-0.25, -0.2) is 0 Å². The highest BCUT2D eigenvalue weighted by Gasteiger charge is 2.02. The molecule has 0 saturated heterocycles. The van der Waals surface area contributed by atoms with Gasteiger partial charge in [0.25, 0.3) is 0 Å². The zero-order valence-electron chi connectivity index (χ0n) is 10.8. The van der Waals surface area contributed by atoms with Crippen LogP contribution in [0.15, 0.2) is 4.99 Å². The highest BCUT2D eigenvalue weighted by Crippen LogP contribution is 2.06. The standard InChI is InChI=1S/C12H27N3/c1-5-9-14-12(13-8-4)15-10-11(6-2)7-3/h11H,5-10H2,1-4H3,(H2,13,14,15). The molecule has 0 aromatic carbocycles. The number of nitrogens with one attached hydrogen (secondary N) is 2. The van der Waals surface area contributed by atoms with Crippen molar-refractivity contribution in [2.24, 2.45) is 10.9 Å². The molecule has 0 aliphatic heterocycles. The van der Waals surface area contributed by atoms with E-state index in [4.69, 9.17) is 0 Å². The van der Waals surface area contributed by atoms with Crippen LogP contribution in [0.4, 0.5) is 0 Å². The third-order valence-corrected chi connectivity index (χ3v) is 2.55. The van der Waals surface area contributed by atoms with Crippen LogP contribution in [-0.4, -0.2) is 25.6 Å². The lowest BCUT2D eigenvalue weighted by molar-refractivity contribution is 0.504. The van der Waals surface area contributed by atoms with Gasteiger partial charge in [-0.2, -0.15) is 0 Å². The van der Waals surface area contributed by atoms with Gasteiger partial charge in [0.1, 0.15) is 0 Å². The van der Waals surface area contributed by atoms with E-state index < -0.39 is 0 Å². The van der Waals surface area contributed by atoms with E-state index in [-0.39, 0.29) is 0 Å². The lowest BCUT2D eigenvalue weighted by Crippen LogP contribution is -2.38. The van der Waals surface area contributed by atoms with E-state index in [1.807, 2.05) is 0 Å². The molecule has 0 unspecified atom stereocenters. The number of hydrogen-bond donors (Lipinski definition) is 2. The van der Waals surface area contributed by atoms with Gasteiger partial charge in [0.2, 0.25) is 0 Å². The minimum atomic E-state index is 0.724. The minimum absolute atomic E-state index is 0.724. The van der Waals surface area contributed by atoms with Gasteiger partial charge in [0.15, 0.2) is 5.96 Å². The fraction of sp³-hybridized carbons (Fsp3) is 0.917. The Balaban J connectivity index is 4.01. The molecule has 0 heterocycles. The van der Waals surface area contributed by atoms with Gasteiger partial charge in [-0.1, -0.05) is 33.6 Å². The van der Waals surface area contributed by atoms with Gasteiger partial charge in [-0.05, 0) is 19.3 Å². The number of nitrogens with zero attached hydrogens (tertiary/aromatic N) is 1. The Morgan fingerprint density at radius 2 is 1.73 bits per heavy atom. The van der Waals surface area contributed by atoms with Crippen molar-refractivity contribution in [3.05, 3.63) is 0 Å². The Hall–Kier alpha value is -0.730. The molecule has 0 rings (SSSR count). The predicted octanol–water partition coefficient (Wildman–Crippen LogP) is 2.39. The summed E-state index contributed by atoms with van der Waals surface area (Å²) in [6, 6.07) is 0. The van der Waals surface area contributed by atoms with Crippen LogP contribution in [0.3, 0.4) is 0 Å². The molecule has 0 aromatic rings. The largest absolute Gasteiger partial charge is 0.357 e. The van der Waals surface area contributed by atoms with Crippen molar-refractivity contribution in [1.29, 1.82) is 0 Å². The molecule has 90 valence electrons. The quantitative estimate of drug-likeness (QED) is 0.503. The van der Waals surface area contributed by atoms with E-state index in [9.17, 15) is 0 Å². The lowest BCUT2D eigenvalue weighted by atomic mass is 10.0. The SMILES string of the molecule is CCCNC(=NCC(CC)CC)NCC. The van der Waals surface area contributed by atoms with Crippen LogP contribution in [0.2, 0.25) is 0 Å². The van der Waals surface area contributed by atoms with Crippen molar-refractivity contribution < 1.29 is 0 Å². The maximum Gasteiger partial charge on any atom is 0.191 e. The number of aliphatic imine (C=N–C) groups is 1. The van der Waals surface area contributed by atoms with Crippen molar-refractivity contribution in [1.82, 2.24) is 10.6 Å². The fourth-order valence-electron chi connectivity index (χ4n) is 1.35. The molecule has 2 N–H and O–H groups in total. The second kappa shape index (κ2) is 9.81. The molecule has 0 aliphatic rings. The van der Waals surface area contributed by atoms with E-state index >= 15 is 0 Å². The van der Waals surface area contributed by atoms with Gasteiger partial charge >= 0.3 is 0 Å².